The summed E-state index contributed by atoms with van der Waals surface area (Å²) in [5.41, 5.74) is 7.87. The molecule has 1 aliphatic heterocycles. The number of amides is 1. The Morgan fingerprint density at radius 3 is 2.84 bits per heavy atom. The van der Waals surface area contributed by atoms with Crippen LogP contribution < -0.4 is 21.7 Å². The fraction of sp³-hybridized carbons (Fsp3) is 0.385. The Morgan fingerprint density at radius 2 is 2.08 bits per heavy atom. The van der Waals surface area contributed by atoms with Gasteiger partial charge in [-0.15, -0.1) is 0 Å². The van der Waals surface area contributed by atoms with Crippen molar-refractivity contribution in [1.82, 2.24) is 25.1 Å². The molecule has 11 nitrogen and oxygen atoms in total. The number of carbonyl (C=O) groups excluding carboxylic acids is 1. The number of hydrogen-bond acceptors (Lipinski definition) is 9. The lowest BCUT2D eigenvalue weighted by Crippen LogP contribution is -2.54. The van der Waals surface area contributed by atoms with E-state index >= 15 is 0 Å². The molecule has 0 radical (unpaired) electrons. The van der Waals surface area contributed by atoms with Gasteiger partial charge in [0.05, 0.1) is 28.4 Å². The standard InChI is InChI=1S/C26H32N8O3/c1-16-21-22(29-18-11-5-4-10-17(18)24(35)28-2)31-25(30-19-12-6-8-14-26(19,27)36-3)32-23(21)34(33-16)20-13-7-9-15-37-20/h4-6,8,10-12,14,19-20H,7,9,13,15,27H2,1-3H3,(H,28,35)(H2,29,30,31,32). The van der Waals surface area contributed by atoms with Crippen LogP contribution in [0.4, 0.5) is 17.5 Å². The van der Waals surface area contributed by atoms with Crippen LogP contribution in [0.15, 0.2) is 48.6 Å². The first-order valence-corrected chi connectivity index (χ1v) is 12.4. The van der Waals surface area contributed by atoms with Crippen molar-refractivity contribution in [2.45, 2.75) is 44.2 Å². The third kappa shape index (κ3) is 4.80. The summed E-state index contributed by atoms with van der Waals surface area (Å²) in [6.07, 6.45) is 10.1. The summed E-state index contributed by atoms with van der Waals surface area (Å²) in [5, 5.41) is 14.9. The van der Waals surface area contributed by atoms with E-state index in [4.69, 9.17) is 30.3 Å². The molecule has 1 saturated heterocycles. The van der Waals surface area contributed by atoms with E-state index in [-0.39, 0.29) is 12.1 Å². The van der Waals surface area contributed by atoms with Gasteiger partial charge in [0.15, 0.2) is 17.6 Å². The van der Waals surface area contributed by atoms with Gasteiger partial charge in [-0.05, 0) is 44.4 Å². The maximum Gasteiger partial charge on any atom is 0.253 e. The van der Waals surface area contributed by atoms with Gasteiger partial charge in [0.25, 0.3) is 5.91 Å². The first-order chi connectivity index (χ1) is 17.9. The zero-order valence-electron chi connectivity index (χ0n) is 21.2. The summed E-state index contributed by atoms with van der Waals surface area (Å²) in [7, 11) is 3.16. The van der Waals surface area contributed by atoms with Gasteiger partial charge in [0.1, 0.15) is 5.82 Å². The number of nitrogens with zero attached hydrogens (tertiary/aromatic N) is 4. The number of methoxy groups -OCH3 is 1. The van der Waals surface area contributed by atoms with Crippen molar-refractivity contribution in [3.63, 3.8) is 0 Å². The Bertz CT molecular complexity index is 1360. The van der Waals surface area contributed by atoms with Gasteiger partial charge in [0.2, 0.25) is 5.95 Å². The Hall–Kier alpha value is -3.80. The number of nitrogens with one attached hydrogen (secondary N) is 3. The molecule has 1 amide bonds. The third-order valence-electron chi connectivity index (χ3n) is 6.70. The molecule has 2 aromatic heterocycles. The van der Waals surface area contributed by atoms with Crippen molar-refractivity contribution in [2.75, 3.05) is 31.4 Å². The van der Waals surface area contributed by atoms with Crippen LogP contribution in [-0.4, -0.2) is 58.2 Å². The highest BCUT2D eigenvalue weighted by molar-refractivity contribution is 6.01. The predicted octanol–water partition coefficient (Wildman–Crippen LogP) is 3.14. The molecule has 1 aliphatic carbocycles. The fourth-order valence-electron chi connectivity index (χ4n) is 4.66. The number of para-hydroxylation sites is 1. The van der Waals surface area contributed by atoms with Gasteiger partial charge in [-0.25, -0.2) is 4.68 Å². The summed E-state index contributed by atoms with van der Waals surface area (Å²) < 4.78 is 13.4. The van der Waals surface area contributed by atoms with Crippen molar-refractivity contribution in [2.24, 2.45) is 5.73 Å². The molecule has 3 atom stereocenters. The van der Waals surface area contributed by atoms with Crippen LogP contribution in [0.2, 0.25) is 0 Å². The second-order valence-corrected chi connectivity index (χ2v) is 9.12. The normalized spacial score (nSPS) is 23.2. The number of anilines is 3. The van der Waals surface area contributed by atoms with Gasteiger partial charge >= 0.3 is 0 Å². The highest BCUT2D eigenvalue weighted by atomic mass is 16.5. The summed E-state index contributed by atoms with van der Waals surface area (Å²) in [6, 6.07) is 6.84. The van der Waals surface area contributed by atoms with E-state index in [1.807, 2.05) is 48.0 Å². The molecule has 5 N–H and O–H groups in total. The maximum atomic E-state index is 12.5. The zero-order valence-corrected chi connectivity index (χ0v) is 21.2. The lowest BCUT2D eigenvalue weighted by molar-refractivity contribution is -0.0371. The molecule has 3 unspecified atom stereocenters. The highest BCUT2D eigenvalue weighted by Crippen LogP contribution is 2.33. The van der Waals surface area contributed by atoms with Crippen molar-refractivity contribution in [3.05, 3.63) is 59.8 Å². The van der Waals surface area contributed by atoms with E-state index in [0.717, 1.165) is 30.3 Å². The molecule has 11 heteroatoms. The molecule has 5 rings (SSSR count). The second kappa shape index (κ2) is 10.3. The number of benzene rings is 1. The summed E-state index contributed by atoms with van der Waals surface area (Å²) in [4.78, 5) is 22.2. The molecule has 1 fully saturated rings. The SMILES string of the molecule is CNC(=O)c1ccccc1Nc1nc(NC2C=CC=CC2(N)OC)nc2c1c(C)nn2C1CCCCO1. The number of carbonyl (C=O) groups is 1. The van der Waals surface area contributed by atoms with Crippen molar-refractivity contribution < 1.29 is 14.3 Å². The largest absolute Gasteiger partial charge is 0.358 e. The molecular weight excluding hydrogens is 472 g/mol. The molecule has 1 aromatic carbocycles. The second-order valence-electron chi connectivity index (χ2n) is 9.12. The van der Waals surface area contributed by atoms with Crippen LogP contribution in [0, 0.1) is 6.92 Å². The molecule has 37 heavy (non-hydrogen) atoms. The number of hydrogen-bond donors (Lipinski definition) is 4. The van der Waals surface area contributed by atoms with E-state index in [9.17, 15) is 4.79 Å². The van der Waals surface area contributed by atoms with Crippen LogP contribution in [0.25, 0.3) is 11.0 Å². The molecule has 2 aliphatic rings. The Balaban J connectivity index is 1.62. The number of fused-ring (bicyclic) bond motifs is 1. The number of aromatic nitrogens is 4. The smallest absolute Gasteiger partial charge is 0.253 e. The topological polar surface area (TPSA) is 141 Å². The number of aryl methyl sites for hydroxylation is 1. The van der Waals surface area contributed by atoms with E-state index in [2.05, 4.69) is 16.0 Å². The van der Waals surface area contributed by atoms with E-state index in [0.29, 0.717) is 35.3 Å². The quantitative estimate of drug-likeness (QED) is 0.357. The third-order valence-corrected chi connectivity index (χ3v) is 6.70. The summed E-state index contributed by atoms with van der Waals surface area (Å²) in [5.74, 6) is 0.641. The monoisotopic (exact) mass is 504 g/mol. The van der Waals surface area contributed by atoms with Gasteiger partial charge in [-0.2, -0.15) is 15.1 Å². The lowest BCUT2D eigenvalue weighted by atomic mass is 9.99. The minimum absolute atomic E-state index is 0.207. The fourth-order valence-corrected chi connectivity index (χ4v) is 4.66. The van der Waals surface area contributed by atoms with Crippen LogP contribution in [0.3, 0.4) is 0 Å². The zero-order chi connectivity index (χ0) is 26.0. The van der Waals surface area contributed by atoms with Crippen molar-refractivity contribution in [1.29, 1.82) is 0 Å². The predicted molar refractivity (Wildman–Crippen MR) is 142 cm³/mol. The molecular formula is C26H32N8O3. The van der Waals surface area contributed by atoms with E-state index < -0.39 is 11.8 Å². The van der Waals surface area contributed by atoms with E-state index in [1.165, 1.54) is 0 Å². The van der Waals surface area contributed by atoms with Gasteiger partial charge in [-0.3, -0.25) is 10.5 Å². The minimum atomic E-state index is -1.07. The number of allylic oxidation sites excluding steroid dienone is 2. The van der Waals surface area contributed by atoms with Crippen LogP contribution >= 0.6 is 0 Å². The number of ether oxygens (including phenoxy) is 2. The first-order valence-electron chi connectivity index (χ1n) is 12.4. The van der Waals surface area contributed by atoms with E-state index in [1.54, 1.807) is 26.3 Å². The summed E-state index contributed by atoms with van der Waals surface area (Å²) >= 11 is 0. The Kier molecular flexibility index (Phi) is 6.92. The van der Waals surface area contributed by atoms with Gasteiger partial charge in [-0.1, -0.05) is 30.4 Å². The minimum Gasteiger partial charge on any atom is -0.358 e. The van der Waals surface area contributed by atoms with Crippen molar-refractivity contribution in [3.8, 4) is 0 Å². The molecule has 0 saturated carbocycles. The lowest BCUT2D eigenvalue weighted by Gasteiger charge is -2.33. The highest BCUT2D eigenvalue weighted by Gasteiger charge is 2.33. The maximum absolute atomic E-state index is 12.5. The average molecular weight is 505 g/mol. The van der Waals surface area contributed by atoms with Crippen LogP contribution in [0.1, 0.15) is 41.5 Å². The molecule has 3 aromatic rings. The van der Waals surface area contributed by atoms with Crippen LogP contribution in [0.5, 0.6) is 0 Å². The molecule has 0 bridgehead atoms. The molecule has 3 heterocycles. The summed E-state index contributed by atoms with van der Waals surface area (Å²) in [6.45, 7) is 2.59. The van der Waals surface area contributed by atoms with Crippen molar-refractivity contribution >= 4 is 34.4 Å². The average Bonchev–Trinajstić information content (AvgIpc) is 3.26. The molecule has 0 spiro atoms. The van der Waals surface area contributed by atoms with Gasteiger partial charge in [0, 0.05) is 20.8 Å². The number of nitrogens with two attached hydrogens (primary N) is 1. The Morgan fingerprint density at radius 1 is 1.24 bits per heavy atom. The van der Waals surface area contributed by atoms with Gasteiger partial charge < -0.3 is 25.4 Å². The molecule has 194 valence electrons. The number of rotatable bonds is 7. The van der Waals surface area contributed by atoms with Crippen LogP contribution in [-0.2, 0) is 9.47 Å². The first kappa shape index (κ1) is 24.9. The Labute approximate surface area is 215 Å².